The molecule has 1 fully saturated rings. The Labute approximate surface area is 166 Å². The van der Waals surface area contributed by atoms with Gasteiger partial charge in [0.1, 0.15) is 0 Å². The maximum absolute atomic E-state index is 6.20. The molecule has 148 valence electrons. The zero-order valence-electron chi connectivity index (χ0n) is 17.4. The molecule has 2 nitrogen and oxygen atoms in total. The summed E-state index contributed by atoms with van der Waals surface area (Å²) in [4.78, 5) is 2.81. The van der Waals surface area contributed by atoms with E-state index in [1.807, 2.05) is 0 Å². The van der Waals surface area contributed by atoms with Gasteiger partial charge in [-0.15, -0.1) is 0 Å². The number of unbranched alkanes of at least 4 members (excludes halogenated alkanes) is 2. The lowest BCUT2D eigenvalue weighted by Crippen LogP contribution is -2.52. The second-order valence-electron chi connectivity index (χ2n) is 8.33. The van der Waals surface area contributed by atoms with E-state index in [1.54, 1.807) is 0 Å². The quantitative estimate of drug-likeness (QED) is 0.508. The van der Waals surface area contributed by atoms with Crippen molar-refractivity contribution < 1.29 is 0 Å². The fraction of sp³-hybridized carbons (Fsp3) is 0.739. The zero-order chi connectivity index (χ0) is 19.0. The molecule has 1 aliphatic rings. The molecule has 0 aliphatic heterocycles. The summed E-state index contributed by atoms with van der Waals surface area (Å²) in [5.41, 5.74) is 1.65. The monoisotopic (exact) mass is 378 g/mol. The molecule has 1 N–H and O–H groups in total. The average Bonchev–Trinajstić information content (AvgIpc) is 2.63. The minimum atomic E-state index is 0.185. The van der Waals surface area contributed by atoms with Gasteiger partial charge >= 0.3 is 0 Å². The molecule has 3 heteroatoms. The molecule has 0 amide bonds. The Balaban J connectivity index is 2.27. The van der Waals surface area contributed by atoms with E-state index in [9.17, 15) is 0 Å². The third kappa shape index (κ3) is 5.71. The topological polar surface area (TPSA) is 15.3 Å². The molecule has 0 radical (unpaired) electrons. The Morgan fingerprint density at radius 3 is 2.04 bits per heavy atom. The second-order valence-corrected chi connectivity index (χ2v) is 8.76. The fourth-order valence-corrected chi connectivity index (χ4v) is 4.64. The van der Waals surface area contributed by atoms with Crippen molar-refractivity contribution in [1.29, 1.82) is 0 Å². The predicted molar refractivity (Wildman–Crippen MR) is 115 cm³/mol. The van der Waals surface area contributed by atoms with E-state index in [0.717, 1.165) is 5.02 Å². The van der Waals surface area contributed by atoms with Crippen LogP contribution in [0.4, 0.5) is 0 Å². The van der Waals surface area contributed by atoms with E-state index in [1.165, 1.54) is 70.0 Å². The lowest BCUT2D eigenvalue weighted by atomic mass is 9.73. The minimum Gasteiger partial charge on any atom is -0.312 e. The third-order valence-corrected chi connectivity index (χ3v) is 6.18. The Morgan fingerprint density at radius 2 is 1.58 bits per heavy atom. The number of benzene rings is 1. The first kappa shape index (κ1) is 21.7. The lowest BCUT2D eigenvalue weighted by Gasteiger charge is -2.49. The van der Waals surface area contributed by atoms with E-state index in [4.69, 9.17) is 11.6 Å². The van der Waals surface area contributed by atoms with Crippen LogP contribution in [0.3, 0.4) is 0 Å². The molecule has 1 aromatic carbocycles. The Bertz CT molecular complexity index is 495. The van der Waals surface area contributed by atoms with Gasteiger partial charge in [0.2, 0.25) is 0 Å². The standard InChI is InChI=1S/C23H39ClN2/c1-5-7-17-26(18-8-6-2)23(20-9-11-21(24)12-10-20)15-13-22(14-16-23)25-19(3)4/h9-12,19,22,25H,5-8,13-18H2,1-4H3. The molecule has 0 bridgehead atoms. The van der Waals surface area contributed by atoms with Gasteiger partial charge in [-0.1, -0.05) is 64.3 Å². The van der Waals surface area contributed by atoms with Gasteiger partial charge in [-0.05, 0) is 69.3 Å². The van der Waals surface area contributed by atoms with Crippen molar-refractivity contribution in [3.05, 3.63) is 34.9 Å². The average molecular weight is 379 g/mol. The summed E-state index contributed by atoms with van der Waals surface area (Å²) in [5, 5.41) is 4.61. The zero-order valence-corrected chi connectivity index (χ0v) is 18.1. The summed E-state index contributed by atoms with van der Waals surface area (Å²) in [6.07, 6.45) is 10.1. The number of hydrogen-bond acceptors (Lipinski definition) is 2. The van der Waals surface area contributed by atoms with Crippen molar-refractivity contribution in [1.82, 2.24) is 10.2 Å². The first-order valence-corrected chi connectivity index (χ1v) is 11.2. The second kappa shape index (κ2) is 10.7. The Hall–Kier alpha value is -0.570. The highest BCUT2D eigenvalue weighted by Gasteiger charge is 2.41. The van der Waals surface area contributed by atoms with Crippen LogP contribution in [-0.2, 0) is 5.54 Å². The molecule has 0 heterocycles. The predicted octanol–water partition coefficient (Wildman–Crippen LogP) is 6.38. The molecule has 0 aromatic heterocycles. The van der Waals surface area contributed by atoms with E-state index in [-0.39, 0.29) is 5.54 Å². The summed E-state index contributed by atoms with van der Waals surface area (Å²) in [7, 11) is 0. The van der Waals surface area contributed by atoms with Crippen LogP contribution in [0.2, 0.25) is 5.02 Å². The molecule has 1 aromatic rings. The number of nitrogens with one attached hydrogen (secondary N) is 1. The van der Waals surface area contributed by atoms with Crippen LogP contribution < -0.4 is 5.32 Å². The summed E-state index contributed by atoms with van der Waals surface area (Å²) >= 11 is 6.20. The van der Waals surface area contributed by atoms with Crippen LogP contribution in [0.1, 0.15) is 84.6 Å². The summed E-state index contributed by atoms with van der Waals surface area (Å²) in [6.45, 7) is 11.5. The summed E-state index contributed by atoms with van der Waals surface area (Å²) < 4.78 is 0. The molecule has 1 aliphatic carbocycles. The normalized spacial score (nSPS) is 23.7. The largest absolute Gasteiger partial charge is 0.312 e. The van der Waals surface area contributed by atoms with Gasteiger partial charge in [0.05, 0.1) is 0 Å². The van der Waals surface area contributed by atoms with Gasteiger partial charge in [0, 0.05) is 22.6 Å². The number of nitrogens with zero attached hydrogens (tertiary/aromatic N) is 1. The molecule has 26 heavy (non-hydrogen) atoms. The summed E-state index contributed by atoms with van der Waals surface area (Å²) in [5.74, 6) is 0. The van der Waals surface area contributed by atoms with Crippen molar-refractivity contribution in [2.24, 2.45) is 0 Å². The molecule has 0 spiro atoms. The van der Waals surface area contributed by atoms with E-state index in [2.05, 4.69) is 62.2 Å². The van der Waals surface area contributed by atoms with E-state index >= 15 is 0 Å². The lowest BCUT2D eigenvalue weighted by molar-refractivity contribution is 0.0346. The molecule has 0 unspecified atom stereocenters. The van der Waals surface area contributed by atoms with Crippen LogP contribution in [0, 0.1) is 0 Å². The number of hydrogen-bond donors (Lipinski definition) is 1. The molecule has 0 saturated heterocycles. The van der Waals surface area contributed by atoms with Gasteiger partial charge in [-0.25, -0.2) is 0 Å². The molecule has 1 saturated carbocycles. The van der Waals surface area contributed by atoms with E-state index in [0.29, 0.717) is 12.1 Å². The molecule has 0 atom stereocenters. The smallest absolute Gasteiger partial charge is 0.0461 e. The van der Waals surface area contributed by atoms with Gasteiger partial charge in [0.25, 0.3) is 0 Å². The van der Waals surface area contributed by atoms with Crippen molar-refractivity contribution in [3.8, 4) is 0 Å². The fourth-order valence-electron chi connectivity index (χ4n) is 4.52. The van der Waals surface area contributed by atoms with Crippen LogP contribution in [0.25, 0.3) is 0 Å². The maximum atomic E-state index is 6.20. The molecular formula is C23H39ClN2. The van der Waals surface area contributed by atoms with Crippen molar-refractivity contribution in [3.63, 3.8) is 0 Å². The molecule has 2 rings (SSSR count). The third-order valence-electron chi connectivity index (χ3n) is 5.93. The van der Waals surface area contributed by atoms with Crippen LogP contribution >= 0.6 is 11.6 Å². The van der Waals surface area contributed by atoms with Gasteiger partial charge in [0.15, 0.2) is 0 Å². The first-order chi connectivity index (χ1) is 12.5. The highest BCUT2D eigenvalue weighted by molar-refractivity contribution is 6.30. The SMILES string of the molecule is CCCCN(CCCC)C1(c2ccc(Cl)cc2)CCC(NC(C)C)CC1. The van der Waals surface area contributed by atoms with Crippen molar-refractivity contribution in [2.75, 3.05) is 13.1 Å². The number of rotatable bonds is 10. The van der Waals surface area contributed by atoms with Crippen LogP contribution in [0.5, 0.6) is 0 Å². The minimum absolute atomic E-state index is 0.185. The Morgan fingerprint density at radius 1 is 1.04 bits per heavy atom. The van der Waals surface area contributed by atoms with Crippen molar-refractivity contribution >= 4 is 11.6 Å². The van der Waals surface area contributed by atoms with Crippen LogP contribution in [0.15, 0.2) is 24.3 Å². The maximum Gasteiger partial charge on any atom is 0.0461 e. The highest BCUT2D eigenvalue weighted by Crippen LogP contribution is 2.43. The Kier molecular flexibility index (Phi) is 8.93. The van der Waals surface area contributed by atoms with E-state index < -0.39 is 0 Å². The summed E-state index contributed by atoms with van der Waals surface area (Å²) in [6, 6.07) is 9.95. The number of halogens is 1. The van der Waals surface area contributed by atoms with Crippen LogP contribution in [-0.4, -0.2) is 30.1 Å². The van der Waals surface area contributed by atoms with Gasteiger partial charge in [-0.2, -0.15) is 0 Å². The highest BCUT2D eigenvalue weighted by atomic mass is 35.5. The van der Waals surface area contributed by atoms with Gasteiger partial charge in [-0.3, -0.25) is 4.90 Å². The molecular weight excluding hydrogens is 340 g/mol. The van der Waals surface area contributed by atoms with Gasteiger partial charge < -0.3 is 5.32 Å². The first-order valence-electron chi connectivity index (χ1n) is 10.8. The van der Waals surface area contributed by atoms with Crippen molar-refractivity contribution in [2.45, 2.75) is 96.7 Å².